The van der Waals surface area contributed by atoms with Crippen molar-refractivity contribution < 1.29 is 14.6 Å². The Bertz CT molecular complexity index is 872. The van der Waals surface area contributed by atoms with E-state index in [0.717, 1.165) is 6.16 Å². The number of aromatic nitrogens is 4. The average molecular weight is 369 g/mol. The number of nitrogens with two attached hydrogens (primary N) is 1. The monoisotopic (exact) mass is 369 g/mol. The first-order valence-electron chi connectivity index (χ1n) is 7.97. The van der Waals surface area contributed by atoms with Crippen molar-refractivity contribution in [3.63, 3.8) is 0 Å². The summed E-state index contributed by atoms with van der Waals surface area (Å²) in [7, 11) is 1.51. The zero-order valence-electron chi connectivity index (χ0n) is 14.5. The van der Waals surface area contributed by atoms with Gasteiger partial charge in [0.1, 0.15) is 12.2 Å². The summed E-state index contributed by atoms with van der Waals surface area (Å²) in [5, 5.41) is 10.6. The number of hydrogen-bond donors (Lipinski definition) is 3. The molecule has 25 heavy (non-hydrogen) atoms. The van der Waals surface area contributed by atoms with E-state index in [1.807, 2.05) is 0 Å². The van der Waals surface area contributed by atoms with Crippen molar-refractivity contribution in [3.8, 4) is 0 Å². The highest BCUT2D eigenvalue weighted by Gasteiger charge is 2.45. The number of aliphatic hydroxyl groups excluding tert-OH is 1. The fraction of sp³-hybridized carbons (Fsp3) is 0.600. The number of rotatable bonds is 5. The summed E-state index contributed by atoms with van der Waals surface area (Å²) in [6, 6.07) is 0. The number of nitrogens with one attached hydrogen (secondary N) is 1. The fourth-order valence-electron chi connectivity index (χ4n) is 3.04. The number of ether oxygens (including phenoxy) is 2. The van der Waals surface area contributed by atoms with Crippen LogP contribution in [0, 0.1) is 0 Å². The minimum Gasteiger partial charge on any atom is -0.388 e. The maximum atomic E-state index is 11.9. The predicted octanol–water partition coefficient (Wildman–Crippen LogP) is 0.0744. The molecular formula is C15H24N5O4P. The van der Waals surface area contributed by atoms with Crippen LogP contribution in [0.1, 0.15) is 12.6 Å². The summed E-state index contributed by atoms with van der Waals surface area (Å²) in [6.07, 6.45) is 4.81. The van der Waals surface area contributed by atoms with Crippen LogP contribution in [-0.2, 0) is 9.47 Å². The van der Waals surface area contributed by atoms with E-state index < -0.39 is 30.9 Å². The Morgan fingerprint density at radius 1 is 1.56 bits per heavy atom. The highest BCUT2D eigenvalue weighted by molar-refractivity contribution is 7.72. The third kappa shape index (κ3) is 3.50. The first-order valence-corrected chi connectivity index (χ1v) is 11.0. The first-order chi connectivity index (χ1) is 11.7. The molecule has 4 N–H and O–H groups in total. The molecule has 3 heterocycles. The summed E-state index contributed by atoms with van der Waals surface area (Å²) < 4.78 is 13.1. The van der Waals surface area contributed by atoms with Gasteiger partial charge in [-0.15, -0.1) is 13.2 Å². The van der Waals surface area contributed by atoms with Gasteiger partial charge in [0.05, 0.1) is 12.4 Å². The highest BCUT2D eigenvalue weighted by atomic mass is 31.2. The second-order valence-corrected chi connectivity index (χ2v) is 11.3. The summed E-state index contributed by atoms with van der Waals surface area (Å²) in [6.45, 7) is 3.05. The Morgan fingerprint density at radius 2 is 2.28 bits per heavy atom. The zero-order chi connectivity index (χ0) is 18.4. The predicted molar refractivity (Wildman–Crippen MR) is 98.6 cm³/mol. The Balaban J connectivity index is 1.94. The molecule has 0 saturated carbocycles. The van der Waals surface area contributed by atoms with E-state index in [4.69, 9.17) is 15.2 Å². The summed E-state index contributed by atoms with van der Waals surface area (Å²) in [5.74, 6) is -0.00748. The molecule has 0 radical (unpaired) electrons. The Hall–Kier alpha value is -1.67. The molecule has 1 aliphatic rings. The van der Waals surface area contributed by atoms with Gasteiger partial charge in [-0.05, 0) is 25.9 Å². The molecule has 0 spiro atoms. The fourth-order valence-corrected chi connectivity index (χ4v) is 4.00. The molecule has 3 rings (SSSR count). The molecule has 1 saturated heterocycles. The van der Waals surface area contributed by atoms with E-state index in [1.54, 1.807) is 4.57 Å². The van der Waals surface area contributed by atoms with Crippen LogP contribution in [0.5, 0.6) is 0 Å². The van der Waals surface area contributed by atoms with E-state index in [9.17, 15) is 9.90 Å². The van der Waals surface area contributed by atoms with Crippen molar-refractivity contribution in [1.82, 2.24) is 19.5 Å². The lowest BCUT2D eigenvalue weighted by molar-refractivity contribution is -0.0496. The molecule has 0 aliphatic carbocycles. The van der Waals surface area contributed by atoms with E-state index in [-0.39, 0.29) is 17.6 Å². The molecule has 2 aromatic rings. The second kappa shape index (κ2) is 6.57. The van der Waals surface area contributed by atoms with Crippen molar-refractivity contribution in [2.75, 3.05) is 32.3 Å². The van der Waals surface area contributed by atoms with Gasteiger partial charge in [0.25, 0.3) is 5.56 Å². The number of aliphatic hydroxyl groups is 1. The number of fused-ring (bicyclic) bond motifs is 1. The number of H-pyrrole nitrogens is 1. The highest BCUT2D eigenvalue weighted by Crippen LogP contribution is 2.40. The molecule has 1 aliphatic heterocycles. The quantitative estimate of drug-likeness (QED) is 0.637. The summed E-state index contributed by atoms with van der Waals surface area (Å²) in [5.41, 5.74) is 5.67. The number of anilines is 1. The van der Waals surface area contributed by atoms with Crippen LogP contribution < -0.4 is 11.3 Å². The van der Waals surface area contributed by atoms with Crippen LogP contribution in [0.3, 0.4) is 0 Å². The summed E-state index contributed by atoms with van der Waals surface area (Å²) >= 11 is 0. The average Bonchev–Trinajstić information content (AvgIpc) is 3.05. The molecule has 1 unspecified atom stereocenters. The van der Waals surface area contributed by atoms with Gasteiger partial charge in [0, 0.05) is 7.11 Å². The topological polar surface area (TPSA) is 128 Å². The molecule has 0 aromatic carbocycles. The number of aromatic amines is 1. The Morgan fingerprint density at radius 3 is 2.92 bits per heavy atom. The van der Waals surface area contributed by atoms with Crippen molar-refractivity contribution in [2.24, 2.45) is 0 Å². The Kier molecular flexibility index (Phi) is 4.76. The molecule has 2 aromatic heterocycles. The van der Waals surface area contributed by atoms with E-state index in [2.05, 4.69) is 34.6 Å². The van der Waals surface area contributed by atoms with E-state index >= 15 is 0 Å². The van der Waals surface area contributed by atoms with Gasteiger partial charge in [-0.2, -0.15) is 4.98 Å². The van der Waals surface area contributed by atoms with Crippen molar-refractivity contribution >= 4 is 30.3 Å². The van der Waals surface area contributed by atoms with Crippen molar-refractivity contribution in [3.05, 3.63) is 16.7 Å². The molecular weight excluding hydrogens is 345 g/mol. The van der Waals surface area contributed by atoms with E-state index in [1.165, 1.54) is 13.4 Å². The SMILES string of the molecule is C=P(C)(C)CC[C@H]1OC(n2cnc3c(=O)[nH]c(N)nc32)[C@H](OC)[C@@H]1O. The Labute approximate surface area is 145 Å². The number of methoxy groups -OCH3 is 1. The lowest BCUT2D eigenvalue weighted by atomic mass is 10.1. The minimum atomic E-state index is -1.23. The standard InChI is InChI=1S/C15H24N5O4P/c1-23-11-10(21)8(5-6-25(2,3)4)24-14(11)20-7-17-9-12(20)18-15(16)19-13(9)22/h7-8,10-11,14,21H,2,5-6H2,1,3-4H3,(H3,16,18,19,22)/t8-,10-,11-,14?/m1/s1. The molecule has 1 fully saturated rings. The largest absolute Gasteiger partial charge is 0.388 e. The van der Waals surface area contributed by atoms with Crippen LogP contribution >= 0.6 is 6.89 Å². The van der Waals surface area contributed by atoms with Gasteiger partial charge in [0.2, 0.25) is 5.95 Å². The van der Waals surface area contributed by atoms with Gasteiger partial charge in [-0.1, -0.05) is 0 Å². The normalized spacial score (nSPS) is 27.2. The lowest BCUT2D eigenvalue weighted by Gasteiger charge is -2.19. The molecule has 0 bridgehead atoms. The third-order valence-corrected chi connectivity index (χ3v) is 5.80. The van der Waals surface area contributed by atoms with Crippen LogP contribution in [-0.4, -0.2) is 75.8 Å². The van der Waals surface area contributed by atoms with Gasteiger partial charge in [-0.3, -0.25) is 14.3 Å². The van der Waals surface area contributed by atoms with Gasteiger partial charge < -0.3 is 20.3 Å². The summed E-state index contributed by atoms with van der Waals surface area (Å²) in [4.78, 5) is 22.6. The first kappa shape index (κ1) is 18.1. The zero-order valence-corrected chi connectivity index (χ0v) is 15.4. The van der Waals surface area contributed by atoms with Crippen LogP contribution in [0.25, 0.3) is 11.2 Å². The number of nitrogens with zero attached hydrogens (tertiary/aromatic N) is 3. The van der Waals surface area contributed by atoms with Crippen LogP contribution in [0.15, 0.2) is 11.1 Å². The lowest BCUT2D eigenvalue weighted by Crippen LogP contribution is -2.33. The molecule has 0 amide bonds. The van der Waals surface area contributed by atoms with Crippen molar-refractivity contribution in [2.45, 2.75) is 31.0 Å². The van der Waals surface area contributed by atoms with Crippen molar-refractivity contribution in [1.29, 1.82) is 0 Å². The minimum absolute atomic E-state index is 0.00748. The number of nitrogen functional groups attached to an aromatic ring is 1. The molecule has 138 valence electrons. The van der Waals surface area contributed by atoms with Crippen LogP contribution in [0.4, 0.5) is 5.95 Å². The van der Waals surface area contributed by atoms with Gasteiger partial charge in [0.15, 0.2) is 17.4 Å². The smallest absolute Gasteiger partial charge is 0.280 e. The second-order valence-electron chi connectivity index (χ2n) is 6.98. The van der Waals surface area contributed by atoms with Gasteiger partial charge >= 0.3 is 0 Å². The maximum absolute atomic E-state index is 11.9. The number of imidazole rings is 1. The van der Waals surface area contributed by atoms with Gasteiger partial charge in [-0.25, -0.2) is 4.98 Å². The third-order valence-electron chi connectivity index (χ3n) is 4.33. The molecule has 9 nitrogen and oxygen atoms in total. The molecule has 10 heteroatoms. The molecule has 4 atom stereocenters. The maximum Gasteiger partial charge on any atom is 0.280 e. The number of hydrogen-bond acceptors (Lipinski definition) is 7. The van der Waals surface area contributed by atoms with E-state index in [0.29, 0.717) is 12.1 Å². The van der Waals surface area contributed by atoms with Crippen LogP contribution in [0.2, 0.25) is 0 Å².